The first-order valence-corrected chi connectivity index (χ1v) is 5.78. The lowest BCUT2D eigenvalue weighted by atomic mass is 10.4. The number of hydrogen-bond acceptors (Lipinski definition) is 6. The molecule has 0 radical (unpaired) electrons. The van der Waals surface area contributed by atoms with E-state index < -0.39 is 5.91 Å². The zero-order valence-electron chi connectivity index (χ0n) is 10.5. The van der Waals surface area contributed by atoms with E-state index in [-0.39, 0.29) is 5.76 Å². The van der Waals surface area contributed by atoms with E-state index >= 15 is 0 Å². The highest BCUT2D eigenvalue weighted by Gasteiger charge is 2.10. The number of nitrogens with zero attached hydrogens (tertiary/aromatic N) is 5. The van der Waals surface area contributed by atoms with Gasteiger partial charge in [0.15, 0.2) is 0 Å². The molecule has 1 N–H and O–H groups in total. The number of amides is 1. The summed E-state index contributed by atoms with van der Waals surface area (Å²) in [4.78, 5) is 24.2. The first-order chi connectivity index (χ1) is 9.74. The van der Waals surface area contributed by atoms with Crippen LogP contribution in [0.2, 0.25) is 0 Å². The zero-order valence-corrected chi connectivity index (χ0v) is 10.5. The fourth-order valence-corrected chi connectivity index (χ4v) is 1.63. The van der Waals surface area contributed by atoms with Crippen LogP contribution in [0.3, 0.4) is 0 Å². The van der Waals surface area contributed by atoms with Crippen molar-refractivity contribution in [2.75, 3.05) is 5.32 Å². The van der Waals surface area contributed by atoms with Gasteiger partial charge in [0.05, 0.1) is 24.3 Å². The van der Waals surface area contributed by atoms with Gasteiger partial charge in [-0.05, 0) is 6.92 Å². The minimum atomic E-state index is -0.405. The molecule has 0 saturated carbocycles. The van der Waals surface area contributed by atoms with Gasteiger partial charge >= 0.3 is 0 Å². The highest BCUT2D eigenvalue weighted by Crippen LogP contribution is 2.09. The first-order valence-electron chi connectivity index (χ1n) is 5.78. The average molecular weight is 270 g/mol. The van der Waals surface area contributed by atoms with Crippen molar-refractivity contribution in [1.29, 1.82) is 0 Å². The van der Waals surface area contributed by atoms with E-state index in [4.69, 9.17) is 4.52 Å². The lowest BCUT2D eigenvalue weighted by molar-refractivity contribution is 0.0988. The lowest BCUT2D eigenvalue weighted by Gasteiger charge is -2.05. The van der Waals surface area contributed by atoms with Gasteiger partial charge in [0.25, 0.3) is 5.91 Å². The molecule has 0 atom stereocenters. The van der Waals surface area contributed by atoms with E-state index in [1.54, 1.807) is 17.0 Å². The van der Waals surface area contributed by atoms with E-state index in [2.05, 4.69) is 25.4 Å². The minimum absolute atomic E-state index is 0.125. The SMILES string of the molecule is Cc1nccn1-c1ncc(NC(=O)c2ccno2)cn1. The number of imidazole rings is 1. The Labute approximate surface area is 113 Å². The molecule has 3 aromatic rings. The number of nitrogens with one attached hydrogen (secondary N) is 1. The summed E-state index contributed by atoms with van der Waals surface area (Å²) in [5.41, 5.74) is 0.466. The Kier molecular flexibility index (Phi) is 2.96. The highest BCUT2D eigenvalue weighted by molar-refractivity contribution is 6.01. The summed E-state index contributed by atoms with van der Waals surface area (Å²) >= 11 is 0. The lowest BCUT2D eigenvalue weighted by Crippen LogP contribution is -2.12. The smallest absolute Gasteiger partial charge is 0.294 e. The molecule has 0 fully saturated rings. The Morgan fingerprint density at radius 1 is 1.25 bits per heavy atom. The fraction of sp³-hybridized carbons (Fsp3) is 0.0833. The summed E-state index contributed by atoms with van der Waals surface area (Å²) in [6.07, 6.45) is 7.85. The van der Waals surface area contributed by atoms with Gasteiger partial charge in [0.1, 0.15) is 5.82 Å². The normalized spacial score (nSPS) is 10.4. The van der Waals surface area contributed by atoms with Crippen molar-refractivity contribution in [1.82, 2.24) is 24.7 Å². The monoisotopic (exact) mass is 270 g/mol. The summed E-state index contributed by atoms with van der Waals surface area (Å²) in [6.45, 7) is 1.85. The van der Waals surface area contributed by atoms with Crippen molar-refractivity contribution in [3.63, 3.8) is 0 Å². The summed E-state index contributed by atoms with van der Waals surface area (Å²) in [5, 5.41) is 6.07. The van der Waals surface area contributed by atoms with Crippen LogP contribution in [-0.4, -0.2) is 30.6 Å². The molecule has 0 aromatic carbocycles. The maximum atomic E-state index is 11.7. The molecule has 0 aliphatic rings. The molecule has 0 aliphatic carbocycles. The number of rotatable bonds is 3. The van der Waals surface area contributed by atoms with E-state index in [1.807, 2.05) is 6.92 Å². The van der Waals surface area contributed by atoms with Crippen LogP contribution in [0.25, 0.3) is 5.95 Å². The van der Waals surface area contributed by atoms with Gasteiger partial charge in [0.2, 0.25) is 11.7 Å². The topological polar surface area (TPSA) is 98.7 Å². The number of carbonyl (C=O) groups is 1. The highest BCUT2D eigenvalue weighted by atomic mass is 16.5. The zero-order chi connectivity index (χ0) is 13.9. The molecular formula is C12H10N6O2. The molecule has 8 nitrogen and oxygen atoms in total. The van der Waals surface area contributed by atoms with Gasteiger partial charge in [0, 0.05) is 18.5 Å². The molecule has 0 bridgehead atoms. The quantitative estimate of drug-likeness (QED) is 0.768. The maximum absolute atomic E-state index is 11.7. The van der Waals surface area contributed by atoms with Crippen LogP contribution in [0.4, 0.5) is 5.69 Å². The molecule has 3 aromatic heterocycles. The van der Waals surface area contributed by atoms with E-state index in [1.165, 1.54) is 24.7 Å². The average Bonchev–Trinajstić information content (AvgIpc) is 3.11. The predicted molar refractivity (Wildman–Crippen MR) is 68.3 cm³/mol. The molecule has 100 valence electrons. The molecule has 3 heterocycles. The summed E-state index contributed by atoms with van der Waals surface area (Å²) < 4.78 is 6.49. The van der Waals surface area contributed by atoms with Gasteiger partial charge in [-0.25, -0.2) is 15.0 Å². The van der Waals surface area contributed by atoms with Crippen molar-refractivity contribution in [2.24, 2.45) is 0 Å². The second-order valence-corrected chi connectivity index (χ2v) is 3.95. The summed E-state index contributed by atoms with van der Waals surface area (Å²) in [5.74, 6) is 0.985. The van der Waals surface area contributed by atoms with Crippen LogP contribution in [0.1, 0.15) is 16.4 Å². The third kappa shape index (κ3) is 2.26. The van der Waals surface area contributed by atoms with Crippen LogP contribution < -0.4 is 5.32 Å². The molecule has 0 unspecified atom stereocenters. The number of aryl methyl sites for hydroxylation is 1. The van der Waals surface area contributed by atoms with Gasteiger partial charge in [-0.2, -0.15) is 0 Å². The van der Waals surface area contributed by atoms with E-state index in [0.29, 0.717) is 11.6 Å². The van der Waals surface area contributed by atoms with Crippen molar-refractivity contribution in [2.45, 2.75) is 6.92 Å². The van der Waals surface area contributed by atoms with Crippen LogP contribution in [0.5, 0.6) is 0 Å². The number of carbonyl (C=O) groups excluding carboxylic acids is 1. The molecule has 1 amide bonds. The maximum Gasteiger partial charge on any atom is 0.294 e. The molecule has 0 saturated heterocycles. The minimum Gasteiger partial charge on any atom is -0.351 e. The van der Waals surface area contributed by atoms with E-state index in [9.17, 15) is 4.79 Å². The Hall–Kier alpha value is -3.03. The predicted octanol–water partition coefficient (Wildman–Crippen LogP) is 1.21. The molecule has 20 heavy (non-hydrogen) atoms. The summed E-state index contributed by atoms with van der Waals surface area (Å²) in [7, 11) is 0. The molecule has 3 rings (SSSR count). The number of anilines is 1. The molecule has 8 heteroatoms. The standard InChI is InChI=1S/C12H10N6O2/c1-8-13-4-5-18(8)12-14-6-9(7-15-12)17-11(19)10-2-3-16-20-10/h2-7H,1H3,(H,17,19). The second kappa shape index (κ2) is 4.92. The van der Waals surface area contributed by atoms with Crippen molar-refractivity contribution in [3.05, 3.63) is 48.6 Å². The Bertz CT molecular complexity index is 717. The number of aromatic nitrogens is 5. The fourth-order valence-electron chi connectivity index (χ4n) is 1.63. The van der Waals surface area contributed by atoms with Gasteiger partial charge < -0.3 is 9.84 Å². The van der Waals surface area contributed by atoms with Crippen LogP contribution >= 0.6 is 0 Å². The Morgan fingerprint density at radius 2 is 2.05 bits per heavy atom. The van der Waals surface area contributed by atoms with E-state index in [0.717, 1.165) is 5.82 Å². The third-order valence-corrected chi connectivity index (χ3v) is 2.60. The molecule has 0 spiro atoms. The van der Waals surface area contributed by atoms with Crippen molar-refractivity contribution < 1.29 is 9.32 Å². The van der Waals surface area contributed by atoms with Crippen LogP contribution in [0, 0.1) is 6.92 Å². The first kappa shape index (κ1) is 12.0. The van der Waals surface area contributed by atoms with Crippen molar-refractivity contribution in [3.8, 4) is 5.95 Å². The Morgan fingerprint density at radius 3 is 2.65 bits per heavy atom. The summed E-state index contributed by atoms with van der Waals surface area (Å²) in [6, 6.07) is 1.47. The van der Waals surface area contributed by atoms with Gasteiger partial charge in [-0.3, -0.25) is 9.36 Å². The second-order valence-electron chi connectivity index (χ2n) is 3.95. The molecule has 0 aliphatic heterocycles. The Balaban J connectivity index is 1.77. The van der Waals surface area contributed by atoms with Crippen LogP contribution in [0.15, 0.2) is 41.6 Å². The van der Waals surface area contributed by atoms with Crippen LogP contribution in [-0.2, 0) is 0 Å². The number of hydrogen-bond donors (Lipinski definition) is 1. The largest absolute Gasteiger partial charge is 0.351 e. The molecular weight excluding hydrogens is 260 g/mol. The van der Waals surface area contributed by atoms with Gasteiger partial charge in [-0.15, -0.1) is 0 Å². The van der Waals surface area contributed by atoms with Gasteiger partial charge in [-0.1, -0.05) is 5.16 Å². The third-order valence-electron chi connectivity index (χ3n) is 2.60. The van der Waals surface area contributed by atoms with Crippen molar-refractivity contribution >= 4 is 11.6 Å².